The molecule has 11 N–H and O–H groups in total. The number of nitrogens with two attached hydrogens (primary N) is 2. The van der Waals surface area contributed by atoms with E-state index in [0.29, 0.717) is 25.9 Å². The first-order valence-electron chi connectivity index (χ1n) is 21.6. The van der Waals surface area contributed by atoms with Crippen LogP contribution in [0.4, 0.5) is 4.79 Å². The van der Waals surface area contributed by atoms with Gasteiger partial charge in [0.05, 0.1) is 25.2 Å². The molecule has 25 nitrogen and oxygen atoms in total. The lowest BCUT2D eigenvalue weighted by Crippen LogP contribution is -2.80. The van der Waals surface area contributed by atoms with Crippen LogP contribution in [-0.4, -0.2) is 197 Å². The highest BCUT2D eigenvalue weighted by atomic mass is 32.3. The zero-order valence-electron chi connectivity index (χ0n) is 36.7. The van der Waals surface area contributed by atoms with Gasteiger partial charge in [0.2, 0.25) is 22.2 Å². The van der Waals surface area contributed by atoms with Crippen molar-refractivity contribution < 1.29 is 89.8 Å². The Morgan fingerprint density at radius 3 is 2.48 bits per heavy atom. The number of alkyl carbamates (subject to hydrolysis) is 1. The first-order valence-corrected chi connectivity index (χ1v) is 23.0. The third-order valence-electron chi connectivity index (χ3n) is 12.2. The maximum atomic E-state index is 15.1. The number of unbranched alkanes of at least 4 members (excludes halogenated alkanes) is 2. The van der Waals surface area contributed by atoms with Crippen LogP contribution in [0.15, 0.2) is 11.6 Å². The summed E-state index contributed by atoms with van der Waals surface area (Å²) >= 11 is 0. The summed E-state index contributed by atoms with van der Waals surface area (Å²) in [4.78, 5) is 69.8. The molecule has 1 saturated carbocycles. The lowest BCUT2D eigenvalue weighted by Gasteiger charge is -2.58. The second-order valence-corrected chi connectivity index (χ2v) is 18.4. The Kier molecular flexibility index (Phi) is 17.5. The van der Waals surface area contributed by atoms with Gasteiger partial charge < -0.3 is 69.5 Å². The summed E-state index contributed by atoms with van der Waals surface area (Å²) in [6, 6.07) is -6.00. The van der Waals surface area contributed by atoms with Gasteiger partial charge in [-0.3, -0.25) is 39.4 Å². The second-order valence-electron chi connectivity index (χ2n) is 17.3. The van der Waals surface area contributed by atoms with Gasteiger partial charge in [0.1, 0.15) is 61.9 Å². The Balaban J connectivity index is 1.46. The van der Waals surface area contributed by atoms with Crippen molar-refractivity contribution in [3.05, 3.63) is 11.6 Å². The van der Waals surface area contributed by atoms with Gasteiger partial charge in [0.25, 0.3) is 5.91 Å². The van der Waals surface area contributed by atoms with Crippen LogP contribution >= 0.6 is 0 Å². The van der Waals surface area contributed by atoms with Crippen molar-refractivity contribution in [3.63, 3.8) is 0 Å². The van der Waals surface area contributed by atoms with Crippen molar-refractivity contribution in [1.29, 1.82) is 0 Å². The molecule has 0 aromatic rings. The quantitative estimate of drug-likeness (QED) is 0.00998. The van der Waals surface area contributed by atoms with Crippen LogP contribution in [0.1, 0.15) is 72.1 Å². The highest BCUT2D eigenvalue weighted by molar-refractivity contribution is 7.80. The van der Waals surface area contributed by atoms with Gasteiger partial charge in [-0.15, -0.1) is 0 Å². The number of rotatable bonds is 21. The van der Waals surface area contributed by atoms with Crippen molar-refractivity contribution in [2.24, 2.45) is 17.4 Å². The topological polar surface area (TPSA) is 373 Å². The monoisotopic (exact) mass is 949 g/mol. The van der Waals surface area contributed by atoms with Gasteiger partial charge in [0.15, 0.2) is 18.0 Å². The number of hydrogen-bond acceptors (Lipinski definition) is 18. The summed E-state index contributed by atoms with van der Waals surface area (Å²) < 4.78 is 67.7. The van der Waals surface area contributed by atoms with Crippen LogP contribution in [0.25, 0.3) is 0 Å². The molecule has 0 aromatic carbocycles. The number of carbonyl (C=O) groups excluding carboxylic acids is 5. The van der Waals surface area contributed by atoms with E-state index < -0.39 is 132 Å². The smallest absolute Gasteiger partial charge is 0.408 e. The fourth-order valence-electron chi connectivity index (χ4n) is 8.97. The van der Waals surface area contributed by atoms with Gasteiger partial charge in [-0.05, 0) is 43.3 Å². The van der Waals surface area contributed by atoms with E-state index in [2.05, 4.69) is 20.1 Å². The summed E-state index contributed by atoms with van der Waals surface area (Å²) in [5.74, 6) is -3.55. The molecule has 4 fully saturated rings. The largest absolute Gasteiger partial charge is 0.726 e. The van der Waals surface area contributed by atoms with Crippen molar-refractivity contribution in [2.45, 2.75) is 151 Å². The molecule has 5 aliphatic rings. The fraction of sp³-hybridized carbons (Fsp3) is 0.795. The van der Waals surface area contributed by atoms with Gasteiger partial charge >= 0.3 is 18.0 Å². The molecule has 65 heavy (non-hydrogen) atoms. The summed E-state index contributed by atoms with van der Waals surface area (Å²) in [6.45, 7) is 4.77. The minimum Gasteiger partial charge on any atom is -0.726 e. The minimum absolute atomic E-state index is 0.0413. The van der Waals surface area contributed by atoms with E-state index in [0.717, 1.165) is 30.4 Å². The summed E-state index contributed by atoms with van der Waals surface area (Å²) in [7, 11) is -4.22. The molecule has 4 aliphatic heterocycles. The zero-order chi connectivity index (χ0) is 48.0. The fourth-order valence-corrected chi connectivity index (χ4v) is 9.26. The van der Waals surface area contributed by atoms with Crippen molar-refractivity contribution in [3.8, 4) is 0 Å². The molecule has 7 unspecified atom stereocenters. The number of carbonyl (C=O) groups is 5. The van der Waals surface area contributed by atoms with E-state index in [1.54, 1.807) is 18.4 Å². The molecule has 4 heterocycles. The van der Waals surface area contributed by atoms with Crippen LogP contribution in [0, 0.1) is 5.92 Å². The van der Waals surface area contributed by atoms with Gasteiger partial charge in [0, 0.05) is 26.5 Å². The SMILES string of the molecule is CCCCCC(=O)OCC1OC(O[C@@H]2C[C@H]3C(O)C4(C2)OC(=O)N[C@H]4[C@H](C(=O)NCCC2=CC[N+](=C(N)N)C2)N3C(=O)[C@@H](CC(C)C)NC(=O)C(COS(=O)(=O)[O-])OC)C(O)[C@@H](O)C1O. The van der Waals surface area contributed by atoms with Crippen LogP contribution in [0.2, 0.25) is 0 Å². The number of amides is 4. The lowest BCUT2D eigenvalue weighted by molar-refractivity contribution is -0.503. The van der Waals surface area contributed by atoms with Gasteiger partial charge in [-0.1, -0.05) is 33.6 Å². The average molecular weight is 950 g/mol. The number of ether oxygens (including phenoxy) is 5. The van der Waals surface area contributed by atoms with Crippen LogP contribution in [0.3, 0.4) is 0 Å². The maximum absolute atomic E-state index is 15.1. The van der Waals surface area contributed by atoms with Gasteiger partial charge in [-0.25, -0.2) is 13.2 Å². The summed E-state index contributed by atoms with van der Waals surface area (Å²) in [6.07, 6.45) is -10.3. The van der Waals surface area contributed by atoms with Gasteiger partial charge in [-0.2, -0.15) is 0 Å². The van der Waals surface area contributed by atoms with E-state index in [1.807, 2.05) is 13.0 Å². The Labute approximate surface area is 376 Å². The van der Waals surface area contributed by atoms with Crippen LogP contribution < -0.4 is 27.4 Å². The highest BCUT2D eigenvalue weighted by Gasteiger charge is 2.70. The predicted octanol–water partition coefficient (Wildman–Crippen LogP) is -4.36. The number of nitrogens with one attached hydrogen (secondary N) is 3. The maximum Gasteiger partial charge on any atom is 0.408 e. The number of likely N-dealkylation sites (tertiary alicyclic amines) is 1. The van der Waals surface area contributed by atoms with E-state index in [4.69, 9.17) is 35.2 Å². The Bertz CT molecular complexity index is 1920. The zero-order valence-corrected chi connectivity index (χ0v) is 37.6. The minimum atomic E-state index is -5.25. The number of piperidine rings is 1. The molecule has 13 atom stereocenters. The molecule has 0 radical (unpaired) electrons. The number of nitrogens with zero attached hydrogens (tertiary/aromatic N) is 2. The third kappa shape index (κ3) is 12.4. The Morgan fingerprint density at radius 2 is 1.85 bits per heavy atom. The molecule has 4 amide bonds. The normalized spacial score (nSPS) is 31.8. The molecule has 0 aromatic heterocycles. The number of esters is 1. The number of aliphatic hydroxyl groups excluding tert-OH is 4. The van der Waals surface area contributed by atoms with E-state index in [-0.39, 0.29) is 44.1 Å². The van der Waals surface area contributed by atoms with E-state index in [9.17, 15) is 52.6 Å². The Morgan fingerprint density at radius 1 is 1.12 bits per heavy atom. The van der Waals surface area contributed by atoms with E-state index >= 15 is 4.79 Å². The first kappa shape index (κ1) is 51.7. The number of methoxy groups -OCH3 is 1. The first-order chi connectivity index (χ1) is 30.6. The lowest BCUT2D eigenvalue weighted by atomic mass is 9.66. The average Bonchev–Trinajstić information content (AvgIpc) is 3.84. The molecule has 26 heteroatoms. The predicted molar refractivity (Wildman–Crippen MR) is 219 cm³/mol. The van der Waals surface area contributed by atoms with Crippen LogP contribution in [0.5, 0.6) is 0 Å². The van der Waals surface area contributed by atoms with Crippen molar-refractivity contribution in [1.82, 2.24) is 20.9 Å². The standard InChI is InChI=1S/C39H63N7O18S/c1-5-6-7-8-26(47)60-17-24-28(48)29(49)30(50)36(63-24)62-21-14-23-32(51)39(15-21)31(44-38(55)64-39)27(34(53)42-11-9-20-10-12-45(16-20)37(40)41)46(23)35(54)22(13-19(2)3)43-33(52)25(59-4)18-61-65(56,57)58/h10,19,21-25,27-32,36,48-51H,5-9,11-18H2,1-4H3,(H7,40,41,42,43,44,52,53,55,56,57,58)/t21-,22-,23+,24?,25?,27-,28?,29+,30?,31+,32?,36?,39?/m1/s1. The third-order valence-corrected chi connectivity index (χ3v) is 12.7. The number of aliphatic hydroxyl groups is 4. The molecular weight excluding hydrogens is 887 g/mol. The molecule has 1 aliphatic carbocycles. The molecule has 3 saturated heterocycles. The molecule has 368 valence electrons. The molecule has 2 bridgehead atoms. The molecular formula is C39H63N7O18S. The number of fused-ring (bicyclic) bond motifs is 1. The summed E-state index contributed by atoms with van der Waals surface area (Å²) in [5.41, 5.74) is 10.4. The second kappa shape index (κ2) is 22.0. The van der Waals surface area contributed by atoms with Crippen molar-refractivity contribution >= 4 is 46.1 Å². The van der Waals surface area contributed by atoms with Crippen LogP contribution in [-0.2, 0) is 57.4 Å². The summed E-state index contributed by atoms with van der Waals surface area (Å²) in [5, 5.41) is 52.7. The van der Waals surface area contributed by atoms with Crippen molar-refractivity contribution in [2.75, 3.05) is 40.0 Å². The van der Waals surface area contributed by atoms with E-state index in [1.165, 1.54) is 0 Å². The number of hydrogen-bond donors (Lipinski definition) is 9. The molecule has 5 rings (SSSR count). The number of guanidine groups is 1. The molecule has 1 spiro atoms. The Hall–Kier alpha value is -4.25. The highest BCUT2D eigenvalue weighted by Crippen LogP contribution is 2.48.